The zero-order valence-electron chi connectivity index (χ0n) is 29.6. The van der Waals surface area contributed by atoms with Crippen LogP contribution in [-0.4, -0.2) is 63.9 Å². The number of likely N-dealkylation sites (N-methyl/N-ethyl adjacent to an activating group) is 1. The maximum atomic E-state index is 12.0. The summed E-state index contributed by atoms with van der Waals surface area (Å²) in [7, 11) is 2.69. The molecule has 1 unspecified atom stereocenters. The first-order valence-corrected chi connectivity index (χ1v) is 19.1. The molecule has 0 saturated heterocycles. The second-order valence-corrected chi connectivity index (χ2v) is 13.6. The summed E-state index contributed by atoms with van der Waals surface area (Å²) in [5, 5.41) is 0. The highest BCUT2D eigenvalue weighted by atomic mass is 31.1. The number of carbonyl (C=O) groups is 2. The van der Waals surface area contributed by atoms with Crippen molar-refractivity contribution in [3.8, 4) is 0 Å². The molecule has 0 aromatic carbocycles. The van der Waals surface area contributed by atoms with Gasteiger partial charge >= 0.3 is 20.2 Å². The molecule has 0 fully saturated rings. The molecular formula is C35H71NO7P+. The van der Waals surface area contributed by atoms with E-state index in [0.717, 1.165) is 45.9 Å². The molecule has 0 aliphatic rings. The van der Waals surface area contributed by atoms with Crippen molar-refractivity contribution < 1.29 is 37.5 Å². The summed E-state index contributed by atoms with van der Waals surface area (Å²) in [6.07, 6.45) is 29.3. The van der Waals surface area contributed by atoms with Crippen molar-refractivity contribution in [2.45, 2.75) is 168 Å². The fourth-order valence-corrected chi connectivity index (χ4v) is 4.94. The van der Waals surface area contributed by atoms with Gasteiger partial charge in [-0.15, -0.1) is 0 Å². The van der Waals surface area contributed by atoms with Crippen molar-refractivity contribution in [2.75, 3.05) is 47.5 Å². The molecule has 44 heavy (non-hydrogen) atoms. The third kappa shape index (κ3) is 38.9. The van der Waals surface area contributed by atoms with Gasteiger partial charge in [-0.25, -0.2) is 0 Å². The summed E-state index contributed by atoms with van der Waals surface area (Å²) >= 11 is 0. The molecule has 0 aromatic heterocycles. The van der Waals surface area contributed by atoms with Gasteiger partial charge < -0.3 is 18.9 Å². The van der Waals surface area contributed by atoms with Crippen molar-refractivity contribution in [3.63, 3.8) is 0 Å². The van der Waals surface area contributed by atoms with Gasteiger partial charge in [0.05, 0.1) is 21.2 Å². The number of esters is 2. The molecule has 0 aromatic rings. The van der Waals surface area contributed by atoms with Gasteiger partial charge in [0.2, 0.25) is 0 Å². The highest BCUT2D eigenvalue weighted by Gasteiger charge is 2.17. The molecule has 9 heteroatoms. The Morgan fingerprint density at radius 2 is 0.795 bits per heavy atom. The molecule has 0 spiro atoms. The van der Waals surface area contributed by atoms with Gasteiger partial charge in [0.15, 0.2) is 0 Å². The SMILES string of the molecule is CCCCCCCCCCCCCC(=O)OCC[N+](C)(C)CCOC(=O)CCCCCCCCCCCCC.CO[P+](=O)[O-]. The quantitative estimate of drug-likeness (QED) is 0.0320. The van der Waals surface area contributed by atoms with Crippen molar-refractivity contribution >= 4 is 20.2 Å². The number of hydrogen-bond acceptors (Lipinski definition) is 7. The maximum Gasteiger partial charge on any atom is 0.488 e. The molecule has 0 aliphatic heterocycles. The minimum atomic E-state index is -2.60. The molecule has 0 N–H and O–H groups in total. The monoisotopic (exact) mass is 648 g/mol. The number of carbonyl (C=O) groups excluding carboxylic acids is 2. The molecule has 0 bridgehead atoms. The van der Waals surface area contributed by atoms with E-state index in [9.17, 15) is 19.0 Å². The molecular weight excluding hydrogens is 577 g/mol. The number of rotatable bonds is 31. The van der Waals surface area contributed by atoms with Crippen LogP contribution in [0.3, 0.4) is 0 Å². The van der Waals surface area contributed by atoms with Gasteiger partial charge in [0.25, 0.3) is 0 Å². The number of ether oxygens (including phenoxy) is 2. The minimum Gasteiger partial charge on any atom is -0.566 e. The zero-order chi connectivity index (χ0) is 33.2. The molecule has 0 rings (SSSR count). The molecule has 262 valence electrons. The van der Waals surface area contributed by atoms with Crippen molar-refractivity contribution in [1.82, 2.24) is 0 Å². The standard InChI is InChI=1S/C34H68NO4.CH3O3P/c1-5-7-9-11-13-15-17-19-21-23-25-27-33(36)38-31-29-35(3,4)30-32-39-34(37)28-26-24-22-20-18-16-14-12-10-8-6-2;1-4-5(2)3/h5-32H2,1-4H3;1H3/q+1;. The normalized spacial score (nSPS) is 11.5. The predicted molar refractivity (Wildman–Crippen MR) is 181 cm³/mol. The Bertz CT molecular complexity index is 615. The van der Waals surface area contributed by atoms with Crippen LogP contribution < -0.4 is 4.89 Å². The highest BCUT2D eigenvalue weighted by Crippen LogP contribution is 2.13. The minimum absolute atomic E-state index is 0.0793. The van der Waals surface area contributed by atoms with Crippen LogP contribution in [0.2, 0.25) is 0 Å². The first-order chi connectivity index (χ1) is 21.2. The summed E-state index contributed by atoms with van der Waals surface area (Å²) in [6, 6.07) is 0. The van der Waals surface area contributed by atoms with Crippen LogP contribution in [-0.2, 0) is 28.2 Å². The van der Waals surface area contributed by atoms with Crippen LogP contribution in [0.15, 0.2) is 0 Å². The summed E-state index contributed by atoms with van der Waals surface area (Å²) in [4.78, 5) is 33.3. The molecule has 0 amide bonds. The topological polar surface area (TPSA) is 102 Å². The lowest BCUT2D eigenvalue weighted by atomic mass is 10.1. The van der Waals surface area contributed by atoms with E-state index in [4.69, 9.17) is 9.47 Å². The lowest BCUT2D eigenvalue weighted by Crippen LogP contribution is -2.45. The van der Waals surface area contributed by atoms with Crippen molar-refractivity contribution in [3.05, 3.63) is 0 Å². The first kappa shape index (κ1) is 45.0. The van der Waals surface area contributed by atoms with E-state index in [1.165, 1.54) is 116 Å². The number of unbranched alkanes of at least 4 members (excludes halogenated alkanes) is 20. The van der Waals surface area contributed by atoms with Crippen molar-refractivity contribution in [1.29, 1.82) is 0 Å². The van der Waals surface area contributed by atoms with E-state index in [1.54, 1.807) is 0 Å². The third-order valence-electron chi connectivity index (χ3n) is 8.04. The Hall–Kier alpha value is -1.08. The first-order valence-electron chi connectivity index (χ1n) is 18.0. The average Bonchev–Trinajstić information content (AvgIpc) is 2.98. The van der Waals surface area contributed by atoms with Crippen LogP contribution in [0.25, 0.3) is 0 Å². The Kier molecular flexibility index (Phi) is 35.6. The average molecular weight is 649 g/mol. The Morgan fingerprint density at radius 1 is 0.545 bits per heavy atom. The molecule has 0 saturated carbocycles. The summed E-state index contributed by atoms with van der Waals surface area (Å²) < 4.78 is 24.5. The second-order valence-electron chi connectivity index (χ2n) is 12.8. The van der Waals surface area contributed by atoms with E-state index in [2.05, 4.69) is 32.5 Å². The van der Waals surface area contributed by atoms with Gasteiger partial charge in [0.1, 0.15) is 26.3 Å². The van der Waals surface area contributed by atoms with Gasteiger partial charge in [-0.2, -0.15) is 4.52 Å². The van der Waals surface area contributed by atoms with Crippen LogP contribution in [0.1, 0.15) is 168 Å². The summed E-state index contributed by atoms with van der Waals surface area (Å²) in [6.45, 7) is 6.85. The van der Waals surface area contributed by atoms with E-state index < -0.39 is 8.25 Å². The van der Waals surface area contributed by atoms with Gasteiger partial charge in [0, 0.05) is 12.8 Å². The third-order valence-corrected chi connectivity index (χ3v) is 8.34. The fourth-order valence-electron chi connectivity index (χ4n) is 4.94. The Labute approximate surface area is 272 Å². The molecule has 8 nitrogen and oxygen atoms in total. The number of hydrogen-bond donors (Lipinski definition) is 0. The molecule has 0 heterocycles. The largest absolute Gasteiger partial charge is 0.566 e. The summed E-state index contributed by atoms with van der Waals surface area (Å²) in [5.74, 6) is -0.159. The van der Waals surface area contributed by atoms with E-state index in [1.807, 2.05) is 0 Å². The Morgan fingerprint density at radius 3 is 1.05 bits per heavy atom. The fraction of sp³-hybridized carbons (Fsp3) is 0.943. The lowest BCUT2D eigenvalue weighted by molar-refractivity contribution is -0.890. The van der Waals surface area contributed by atoms with E-state index in [-0.39, 0.29) is 11.9 Å². The van der Waals surface area contributed by atoms with E-state index >= 15 is 0 Å². The number of quaternary nitrogens is 1. The second kappa shape index (κ2) is 34.8. The highest BCUT2D eigenvalue weighted by molar-refractivity contribution is 7.30. The van der Waals surface area contributed by atoms with Crippen molar-refractivity contribution in [2.24, 2.45) is 0 Å². The number of nitrogens with zero attached hydrogens (tertiary/aromatic N) is 1. The van der Waals surface area contributed by atoms with Crippen LogP contribution in [0, 0.1) is 0 Å². The molecule has 0 aliphatic carbocycles. The zero-order valence-corrected chi connectivity index (χ0v) is 30.4. The van der Waals surface area contributed by atoms with Crippen LogP contribution in [0.4, 0.5) is 0 Å². The van der Waals surface area contributed by atoms with E-state index in [0.29, 0.717) is 30.5 Å². The molecule has 0 radical (unpaired) electrons. The van der Waals surface area contributed by atoms with Gasteiger partial charge in [-0.1, -0.05) is 142 Å². The predicted octanol–water partition coefficient (Wildman–Crippen LogP) is 9.20. The molecule has 1 atom stereocenters. The lowest BCUT2D eigenvalue weighted by Gasteiger charge is -2.29. The van der Waals surface area contributed by atoms with Crippen LogP contribution in [0.5, 0.6) is 0 Å². The Balaban J connectivity index is 0. The van der Waals surface area contributed by atoms with Gasteiger partial charge in [-0.3, -0.25) is 9.59 Å². The van der Waals surface area contributed by atoms with Crippen LogP contribution >= 0.6 is 8.25 Å². The summed E-state index contributed by atoms with van der Waals surface area (Å²) in [5.41, 5.74) is 0. The maximum absolute atomic E-state index is 12.0. The smallest absolute Gasteiger partial charge is 0.488 e. The van der Waals surface area contributed by atoms with Gasteiger partial charge in [-0.05, 0) is 17.4 Å².